The number of benzene rings is 1. The first-order valence-corrected chi connectivity index (χ1v) is 9.86. The van der Waals surface area contributed by atoms with Gasteiger partial charge in [-0.25, -0.2) is 4.98 Å². The van der Waals surface area contributed by atoms with Crippen molar-refractivity contribution >= 4 is 29.1 Å². The zero-order valence-corrected chi connectivity index (χ0v) is 17.5. The molecule has 0 saturated heterocycles. The normalized spacial score (nSPS) is 12.6. The van der Waals surface area contributed by atoms with E-state index >= 15 is 0 Å². The molecule has 2 aromatic heterocycles. The molecule has 0 fully saturated rings. The Hall–Kier alpha value is -2.91. The second-order valence-electron chi connectivity index (χ2n) is 7.20. The summed E-state index contributed by atoms with van der Waals surface area (Å²) >= 11 is 5.70. The van der Waals surface area contributed by atoms with Gasteiger partial charge in [0.25, 0.3) is 0 Å². The van der Waals surface area contributed by atoms with Gasteiger partial charge in [-0.3, -0.25) is 4.98 Å². The number of aliphatic hydroxyl groups is 1. The summed E-state index contributed by atoms with van der Waals surface area (Å²) in [7, 11) is 0. The van der Waals surface area contributed by atoms with E-state index in [1.165, 1.54) is 12.1 Å². The number of rotatable bonds is 7. The van der Waals surface area contributed by atoms with E-state index in [2.05, 4.69) is 25.6 Å². The Morgan fingerprint density at radius 3 is 2.52 bits per heavy atom. The van der Waals surface area contributed by atoms with Crippen LogP contribution in [0.5, 0.6) is 0 Å². The molecule has 0 unspecified atom stereocenters. The summed E-state index contributed by atoms with van der Waals surface area (Å²) in [4.78, 5) is 12.9. The number of aromatic nitrogens is 3. The van der Waals surface area contributed by atoms with E-state index in [1.807, 2.05) is 13.8 Å². The molecule has 3 N–H and O–H groups in total. The molecule has 0 aliphatic heterocycles. The number of hydrogen-bond acceptors (Lipinski definition) is 6. The predicted molar refractivity (Wildman–Crippen MR) is 114 cm³/mol. The number of alkyl halides is 3. The second-order valence-corrected chi connectivity index (χ2v) is 7.61. The minimum absolute atomic E-state index is 0.0951. The number of anilines is 3. The molecule has 0 spiro atoms. The Kier molecular flexibility index (Phi) is 6.97. The minimum Gasteiger partial charge on any atom is -0.394 e. The van der Waals surface area contributed by atoms with Crippen LogP contribution < -0.4 is 10.6 Å². The van der Waals surface area contributed by atoms with Crippen molar-refractivity contribution in [2.45, 2.75) is 26.1 Å². The quantitative estimate of drug-likeness (QED) is 0.447. The number of pyridine rings is 1. The zero-order chi connectivity index (χ0) is 22.6. The van der Waals surface area contributed by atoms with Crippen molar-refractivity contribution in [3.63, 3.8) is 0 Å². The second kappa shape index (κ2) is 9.49. The number of nitrogens with one attached hydrogen (secondary N) is 2. The van der Waals surface area contributed by atoms with Gasteiger partial charge in [0.15, 0.2) is 0 Å². The maximum absolute atomic E-state index is 13.2. The minimum atomic E-state index is -4.58. The van der Waals surface area contributed by atoms with Crippen molar-refractivity contribution in [3.05, 3.63) is 59.4 Å². The Bertz CT molecular complexity index is 1030. The summed E-state index contributed by atoms with van der Waals surface area (Å²) in [5, 5.41) is 15.2. The van der Waals surface area contributed by atoms with Gasteiger partial charge in [-0.15, -0.1) is 0 Å². The molecule has 10 heteroatoms. The highest BCUT2D eigenvalue weighted by molar-refractivity contribution is 6.31. The lowest BCUT2D eigenvalue weighted by Gasteiger charge is -2.21. The molecular formula is C21H21ClF3N5O. The molecule has 1 atom stereocenters. The van der Waals surface area contributed by atoms with Crippen LogP contribution in [0.1, 0.15) is 19.4 Å². The largest absolute Gasteiger partial charge is 0.417 e. The van der Waals surface area contributed by atoms with Crippen LogP contribution in [0.15, 0.2) is 48.8 Å². The lowest BCUT2D eigenvalue weighted by Crippen LogP contribution is -2.30. The molecule has 0 aliphatic rings. The van der Waals surface area contributed by atoms with Crippen molar-refractivity contribution in [1.82, 2.24) is 15.0 Å². The van der Waals surface area contributed by atoms with E-state index in [1.54, 1.807) is 30.6 Å². The first-order chi connectivity index (χ1) is 14.7. The predicted octanol–water partition coefficient (Wildman–Crippen LogP) is 5.38. The van der Waals surface area contributed by atoms with E-state index in [-0.39, 0.29) is 41.0 Å². The van der Waals surface area contributed by atoms with Crippen LogP contribution in [0.25, 0.3) is 11.3 Å². The number of hydrogen-bond donors (Lipinski definition) is 3. The average Bonchev–Trinajstić information content (AvgIpc) is 2.73. The topological polar surface area (TPSA) is 83.0 Å². The SMILES string of the molecule is CC(C)[C@@H](CO)Nc1nc(Nc2ccc(Cl)c(C(F)(F)F)c2)cc(-c2cccnc2)n1. The van der Waals surface area contributed by atoms with Crippen molar-refractivity contribution in [2.75, 3.05) is 17.2 Å². The van der Waals surface area contributed by atoms with E-state index in [0.29, 0.717) is 11.3 Å². The zero-order valence-electron chi connectivity index (χ0n) is 16.8. The van der Waals surface area contributed by atoms with Gasteiger partial charge in [0.05, 0.1) is 28.9 Å². The third kappa shape index (κ3) is 5.83. The van der Waals surface area contributed by atoms with Gasteiger partial charge in [0.1, 0.15) is 5.82 Å². The van der Waals surface area contributed by atoms with Gasteiger partial charge < -0.3 is 15.7 Å². The van der Waals surface area contributed by atoms with Crippen LogP contribution in [-0.4, -0.2) is 32.7 Å². The maximum atomic E-state index is 13.2. The molecular weight excluding hydrogens is 431 g/mol. The highest BCUT2D eigenvalue weighted by Gasteiger charge is 2.33. The third-order valence-corrected chi connectivity index (χ3v) is 4.87. The molecule has 3 aromatic rings. The van der Waals surface area contributed by atoms with Gasteiger partial charge >= 0.3 is 6.18 Å². The fourth-order valence-electron chi connectivity index (χ4n) is 2.80. The van der Waals surface area contributed by atoms with Crippen LogP contribution in [0.2, 0.25) is 5.02 Å². The van der Waals surface area contributed by atoms with E-state index in [0.717, 1.165) is 6.07 Å². The number of nitrogens with zero attached hydrogens (tertiary/aromatic N) is 3. The Morgan fingerprint density at radius 2 is 1.90 bits per heavy atom. The fraction of sp³-hybridized carbons (Fsp3) is 0.286. The van der Waals surface area contributed by atoms with Crippen LogP contribution in [0.4, 0.5) is 30.6 Å². The molecule has 0 saturated carbocycles. The Labute approximate surface area is 182 Å². The summed E-state index contributed by atoms with van der Waals surface area (Å²) in [6.07, 6.45) is -1.35. The van der Waals surface area contributed by atoms with Gasteiger partial charge in [-0.05, 0) is 36.2 Å². The molecule has 0 aliphatic carbocycles. The van der Waals surface area contributed by atoms with Crippen LogP contribution in [-0.2, 0) is 6.18 Å². The van der Waals surface area contributed by atoms with Gasteiger partial charge in [0.2, 0.25) is 5.95 Å². The monoisotopic (exact) mass is 451 g/mol. The number of aliphatic hydroxyl groups excluding tert-OH is 1. The standard InChI is InChI=1S/C21H21ClF3N5O/c1-12(2)18(11-31)29-20-28-17(13-4-3-7-26-10-13)9-19(30-20)27-14-5-6-16(22)15(8-14)21(23,24)25/h3-10,12,18,31H,11H2,1-2H3,(H2,27,28,29,30)/t18-/m1/s1. The molecule has 6 nitrogen and oxygen atoms in total. The summed E-state index contributed by atoms with van der Waals surface area (Å²) in [5.41, 5.74) is 0.437. The van der Waals surface area contributed by atoms with Crippen molar-refractivity contribution in [2.24, 2.45) is 5.92 Å². The molecule has 0 bridgehead atoms. The highest BCUT2D eigenvalue weighted by Crippen LogP contribution is 2.36. The van der Waals surface area contributed by atoms with Crippen molar-refractivity contribution < 1.29 is 18.3 Å². The molecule has 3 rings (SSSR count). The highest BCUT2D eigenvalue weighted by atomic mass is 35.5. The molecule has 0 amide bonds. The fourth-order valence-corrected chi connectivity index (χ4v) is 3.02. The summed E-state index contributed by atoms with van der Waals surface area (Å²) in [6.45, 7) is 3.74. The lowest BCUT2D eigenvalue weighted by molar-refractivity contribution is -0.137. The van der Waals surface area contributed by atoms with Crippen LogP contribution >= 0.6 is 11.6 Å². The van der Waals surface area contributed by atoms with Crippen molar-refractivity contribution in [3.8, 4) is 11.3 Å². The maximum Gasteiger partial charge on any atom is 0.417 e. The first-order valence-electron chi connectivity index (χ1n) is 9.48. The van der Waals surface area contributed by atoms with Gasteiger partial charge in [-0.2, -0.15) is 18.2 Å². The Balaban J connectivity index is 2.00. The molecule has 164 valence electrons. The van der Waals surface area contributed by atoms with E-state index in [9.17, 15) is 18.3 Å². The summed E-state index contributed by atoms with van der Waals surface area (Å²) in [5.74, 6) is 0.589. The molecule has 1 aromatic carbocycles. The van der Waals surface area contributed by atoms with Crippen molar-refractivity contribution in [1.29, 1.82) is 0 Å². The summed E-state index contributed by atoms with van der Waals surface area (Å²) < 4.78 is 39.6. The van der Waals surface area contributed by atoms with E-state index in [4.69, 9.17) is 11.6 Å². The van der Waals surface area contributed by atoms with Crippen LogP contribution in [0, 0.1) is 5.92 Å². The summed E-state index contributed by atoms with van der Waals surface area (Å²) in [6, 6.07) is 8.39. The smallest absolute Gasteiger partial charge is 0.394 e. The van der Waals surface area contributed by atoms with E-state index < -0.39 is 11.7 Å². The first kappa shape index (κ1) is 22.8. The van der Waals surface area contributed by atoms with Crippen LogP contribution in [0.3, 0.4) is 0 Å². The lowest BCUT2D eigenvalue weighted by atomic mass is 10.1. The number of halogens is 4. The molecule has 31 heavy (non-hydrogen) atoms. The average molecular weight is 452 g/mol. The van der Waals surface area contributed by atoms with Gasteiger partial charge in [-0.1, -0.05) is 25.4 Å². The third-order valence-electron chi connectivity index (χ3n) is 4.54. The Morgan fingerprint density at radius 1 is 1.13 bits per heavy atom. The molecule has 2 heterocycles. The van der Waals surface area contributed by atoms with Gasteiger partial charge in [0, 0.05) is 29.7 Å². The molecule has 0 radical (unpaired) electrons.